The zero-order valence-corrected chi connectivity index (χ0v) is 25.1. The Hall–Kier alpha value is -2.82. The molecule has 1 aliphatic rings. The molecule has 3 rings (SSSR count). The zero-order chi connectivity index (χ0) is 28.1. The van der Waals surface area contributed by atoms with E-state index in [2.05, 4.69) is 67.9 Å². The molecule has 0 saturated heterocycles. The molecule has 0 fully saturated rings. The maximum atomic E-state index is 5.88. The van der Waals surface area contributed by atoms with E-state index in [0.29, 0.717) is 6.61 Å². The number of hydrogen-bond acceptors (Lipinski definition) is 4. The lowest BCUT2D eigenvalue weighted by molar-refractivity contribution is 0.195. The molecule has 0 aliphatic heterocycles. The highest BCUT2D eigenvalue weighted by Gasteiger charge is 2.06. The molecule has 1 atom stereocenters. The van der Waals surface area contributed by atoms with Crippen LogP contribution in [0.1, 0.15) is 70.5 Å². The number of halogens is 1. The summed E-state index contributed by atoms with van der Waals surface area (Å²) in [6.45, 7) is 13.5. The molecular formula is C34H47ClN2O2. The number of ether oxygens (including phenoxy) is 2. The van der Waals surface area contributed by atoms with Crippen molar-refractivity contribution in [3.8, 4) is 5.75 Å². The first kappa shape index (κ1) is 32.4. The minimum atomic E-state index is 0.248. The maximum absolute atomic E-state index is 5.88. The molecule has 39 heavy (non-hydrogen) atoms. The highest BCUT2D eigenvalue weighted by atomic mass is 35.5. The second-order valence-corrected chi connectivity index (χ2v) is 9.75. The highest BCUT2D eigenvalue weighted by molar-refractivity contribution is 6.30. The van der Waals surface area contributed by atoms with Crippen molar-refractivity contribution in [2.24, 2.45) is 4.99 Å². The summed E-state index contributed by atoms with van der Waals surface area (Å²) in [6.07, 6.45) is 17.3. The predicted molar refractivity (Wildman–Crippen MR) is 168 cm³/mol. The molecule has 2 aromatic rings. The van der Waals surface area contributed by atoms with E-state index in [1.54, 1.807) is 0 Å². The Kier molecular flexibility index (Phi) is 16.7. The Morgan fingerprint density at radius 1 is 0.923 bits per heavy atom. The summed E-state index contributed by atoms with van der Waals surface area (Å²) >= 11 is 5.88. The molecule has 0 amide bonds. The largest absolute Gasteiger partial charge is 0.494 e. The maximum Gasteiger partial charge on any atom is 0.119 e. The Labute approximate surface area is 242 Å². The summed E-state index contributed by atoms with van der Waals surface area (Å²) in [7, 11) is 0. The fraction of sp³-hybridized carbons (Fsp3) is 0.441. The lowest BCUT2D eigenvalue weighted by Gasteiger charge is -2.17. The second kappa shape index (κ2) is 20.1. The van der Waals surface area contributed by atoms with Gasteiger partial charge in [0.05, 0.1) is 19.3 Å². The third-order valence-corrected chi connectivity index (χ3v) is 6.69. The van der Waals surface area contributed by atoms with E-state index in [0.717, 1.165) is 74.9 Å². The average Bonchev–Trinajstić information content (AvgIpc) is 3.25. The van der Waals surface area contributed by atoms with Crippen LogP contribution in [-0.4, -0.2) is 44.0 Å². The van der Waals surface area contributed by atoms with E-state index in [1.165, 1.54) is 11.1 Å². The standard InChI is InChI=1S/C20H24ClNO.C14H23NO/c1-3-14-22-20(4-2)17-7-11-19(12-8-17)23-15-13-16-5-9-18(21)10-6-16;1-3-15(4-2)12-9-13-16-14-10-7-5-6-8-11-14/h5-12,14,20H,3-4,13,15H2,1-2H3;5-7,10-11H,3-4,8-9,12-13H2,1-2H3. The molecule has 212 valence electrons. The van der Waals surface area contributed by atoms with Crippen LogP contribution in [0.4, 0.5) is 0 Å². The summed E-state index contributed by atoms with van der Waals surface area (Å²) in [5.74, 6) is 1.90. The first-order valence-electron chi connectivity index (χ1n) is 14.5. The van der Waals surface area contributed by atoms with E-state index in [1.807, 2.05) is 54.8 Å². The minimum absolute atomic E-state index is 0.248. The summed E-state index contributed by atoms with van der Waals surface area (Å²) in [5.41, 5.74) is 2.47. The molecule has 0 saturated carbocycles. The molecule has 0 heterocycles. The van der Waals surface area contributed by atoms with Crippen LogP contribution in [0.2, 0.25) is 5.02 Å². The van der Waals surface area contributed by atoms with Crippen LogP contribution >= 0.6 is 11.6 Å². The van der Waals surface area contributed by atoms with E-state index in [-0.39, 0.29) is 6.04 Å². The topological polar surface area (TPSA) is 34.1 Å². The van der Waals surface area contributed by atoms with Gasteiger partial charge < -0.3 is 14.4 Å². The van der Waals surface area contributed by atoms with Crippen LogP contribution < -0.4 is 4.74 Å². The van der Waals surface area contributed by atoms with Gasteiger partial charge >= 0.3 is 0 Å². The summed E-state index contributed by atoms with van der Waals surface area (Å²) < 4.78 is 11.5. The van der Waals surface area contributed by atoms with Gasteiger partial charge in [-0.15, -0.1) is 0 Å². The van der Waals surface area contributed by atoms with Gasteiger partial charge in [-0.05, 0) is 92.5 Å². The van der Waals surface area contributed by atoms with Crippen molar-refractivity contribution in [3.63, 3.8) is 0 Å². The SMILES string of the molecule is CCC=NC(CC)c1ccc(OCCc2ccc(Cl)cc2)cc1.CCN(CC)CCCOC1=CCC=CC=C1. The van der Waals surface area contributed by atoms with E-state index in [4.69, 9.17) is 21.1 Å². The zero-order valence-electron chi connectivity index (χ0n) is 24.3. The Bertz CT molecular complexity index is 1020. The van der Waals surface area contributed by atoms with E-state index >= 15 is 0 Å². The summed E-state index contributed by atoms with van der Waals surface area (Å²) in [5, 5.41) is 0.765. The summed E-state index contributed by atoms with van der Waals surface area (Å²) in [6, 6.07) is 16.4. The third kappa shape index (κ3) is 13.7. The molecule has 1 unspecified atom stereocenters. The number of aliphatic imine (C=N–C) groups is 1. The normalized spacial score (nSPS) is 13.5. The molecule has 0 N–H and O–H groups in total. The van der Waals surface area contributed by atoms with Crippen LogP contribution in [0.3, 0.4) is 0 Å². The fourth-order valence-corrected chi connectivity index (χ4v) is 4.19. The predicted octanol–water partition coefficient (Wildman–Crippen LogP) is 9.03. The van der Waals surface area contributed by atoms with Gasteiger partial charge in [0.2, 0.25) is 0 Å². The highest BCUT2D eigenvalue weighted by Crippen LogP contribution is 2.23. The average molecular weight is 551 g/mol. The van der Waals surface area contributed by atoms with Crippen LogP contribution in [0, 0.1) is 0 Å². The van der Waals surface area contributed by atoms with E-state index in [9.17, 15) is 0 Å². The molecule has 1 aliphatic carbocycles. The van der Waals surface area contributed by atoms with Crippen molar-refractivity contribution in [1.29, 1.82) is 0 Å². The lowest BCUT2D eigenvalue weighted by atomic mass is 10.1. The lowest BCUT2D eigenvalue weighted by Crippen LogP contribution is -2.24. The number of rotatable bonds is 15. The van der Waals surface area contributed by atoms with Crippen LogP contribution in [0.5, 0.6) is 5.75 Å². The minimum Gasteiger partial charge on any atom is -0.494 e. The molecule has 2 aromatic carbocycles. The van der Waals surface area contributed by atoms with Crippen molar-refractivity contribution in [2.45, 2.75) is 65.8 Å². The van der Waals surface area contributed by atoms with Crippen molar-refractivity contribution in [3.05, 3.63) is 101 Å². The smallest absolute Gasteiger partial charge is 0.119 e. The third-order valence-electron chi connectivity index (χ3n) is 6.44. The van der Waals surface area contributed by atoms with Gasteiger partial charge in [0, 0.05) is 18.0 Å². The molecule has 0 spiro atoms. The number of allylic oxidation sites excluding steroid dienone is 5. The van der Waals surface area contributed by atoms with Crippen molar-refractivity contribution in [1.82, 2.24) is 4.90 Å². The van der Waals surface area contributed by atoms with Gasteiger partial charge in [0.1, 0.15) is 11.5 Å². The van der Waals surface area contributed by atoms with Crippen LogP contribution in [0.25, 0.3) is 0 Å². The second-order valence-electron chi connectivity index (χ2n) is 9.32. The van der Waals surface area contributed by atoms with Gasteiger partial charge in [-0.1, -0.05) is 81.8 Å². The number of benzene rings is 2. The first-order chi connectivity index (χ1) is 19.1. The molecule has 4 nitrogen and oxygen atoms in total. The molecule has 0 radical (unpaired) electrons. The fourth-order valence-electron chi connectivity index (χ4n) is 4.07. The van der Waals surface area contributed by atoms with E-state index < -0.39 is 0 Å². The Morgan fingerprint density at radius 3 is 2.33 bits per heavy atom. The quantitative estimate of drug-likeness (QED) is 0.164. The van der Waals surface area contributed by atoms with Gasteiger partial charge in [-0.2, -0.15) is 0 Å². The van der Waals surface area contributed by atoms with Gasteiger partial charge in [0.15, 0.2) is 0 Å². The van der Waals surface area contributed by atoms with Crippen LogP contribution in [0.15, 0.2) is 89.7 Å². The first-order valence-corrected chi connectivity index (χ1v) is 14.8. The van der Waals surface area contributed by atoms with Crippen LogP contribution in [-0.2, 0) is 11.2 Å². The van der Waals surface area contributed by atoms with Crippen molar-refractivity contribution < 1.29 is 9.47 Å². The van der Waals surface area contributed by atoms with Gasteiger partial charge in [-0.25, -0.2) is 0 Å². The summed E-state index contributed by atoms with van der Waals surface area (Å²) in [4.78, 5) is 7.01. The molecule has 0 aromatic heterocycles. The van der Waals surface area contributed by atoms with Gasteiger partial charge in [0.25, 0.3) is 0 Å². The molecular weight excluding hydrogens is 504 g/mol. The number of nitrogens with zero attached hydrogens (tertiary/aromatic N) is 2. The Morgan fingerprint density at radius 2 is 1.67 bits per heavy atom. The van der Waals surface area contributed by atoms with Crippen molar-refractivity contribution >= 4 is 17.8 Å². The number of hydrogen-bond donors (Lipinski definition) is 0. The van der Waals surface area contributed by atoms with Crippen molar-refractivity contribution in [2.75, 3.05) is 32.8 Å². The van der Waals surface area contributed by atoms with Gasteiger partial charge in [-0.3, -0.25) is 4.99 Å². The Balaban J connectivity index is 0.000000293. The molecule has 0 bridgehead atoms. The monoisotopic (exact) mass is 550 g/mol. The molecule has 5 heteroatoms.